The van der Waals surface area contributed by atoms with E-state index in [1.807, 2.05) is 6.92 Å². The van der Waals surface area contributed by atoms with Crippen molar-refractivity contribution in [2.75, 3.05) is 0 Å². The molecule has 4 fully saturated rings. The second-order valence-electron chi connectivity index (χ2n) is 9.65. The van der Waals surface area contributed by atoms with Crippen LogP contribution in [0.3, 0.4) is 0 Å². The van der Waals surface area contributed by atoms with E-state index in [1.54, 1.807) is 0 Å². The highest BCUT2D eigenvalue weighted by Gasteiger charge is 2.70. The lowest BCUT2D eigenvalue weighted by Gasteiger charge is -2.58. The molecule has 2 heterocycles. The molecule has 25 heavy (non-hydrogen) atoms. The second kappa shape index (κ2) is 4.48. The summed E-state index contributed by atoms with van der Waals surface area (Å²) in [6, 6.07) is 0. The largest absolute Gasteiger partial charge is 0.457 e. The number of ether oxygens (including phenoxy) is 2. The molecule has 5 heteroatoms. The molecule has 0 aromatic heterocycles. The van der Waals surface area contributed by atoms with Gasteiger partial charge in [0.05, 0.1) is 17.9 Å². The number of aliphatic hydroxyl groups is 1. The minimum atomic E-state index is -0.827. The smallest absolute Gasteiger partial charge is 0.315 e. The highest BCUT2D eigenvalue weighted by molar-refractivity contribution is 5.81. The molecule has 2 saturated carbocycles. The molecule has 2 aliphatic heterocycles. The molecule has 5 nitrogen and oxygen atoms in total. The van der Waals surface area contributed by atoms with Crippen LogP contribution in [0.1, 0.15) is 52.9 Å². The van der Waals surface area contributed by atoms with Gasteiger partial charge in [-0.3, -0.25) is 9.59 Å². The fourth-order valence-corrected chi connectivity index (χ4v) is 6.97. The van der Waals surface area contributed by atoms with E-state index in [1.165, 1.54) is 0 Å². The summed E-state index contributed by atoms with van der Waals surface area (Å²) in [4.78, 5) is 24.7. The summed E-state index contributed by atoms with van der Waals surface area (Å²) < 4.78 is 11.5. The molecule has 0 amide bonds. The van der Waals surface area contributed by atoms with Crippen LogP contribution in [0.4, 0.5) is 0 Å². The molecule has 5 aliphatic rings. The third-order valence-corrected chi connectivity index (χ3v) is 8.31. The minimum absolute atomic E-state index is 0.00791. The van der Waals surface area contributed by atoms with E-state index >= 15 is 0 Å². The number of aliphatic hydroxyl groups excluding tert-OH is 1. The first-order valence-corrected chi connectivity index (χ1v) is 9.50. The third kappa shape index (κ3) is 1.69. The van der Waals surface area contributed by atoms with Crippen LogP contribution in [0.5, 0.6) is 0 Å². The van der Waals surface area contributed by atoms with E-state index in [2.05, 4.69) is 19.9 Å². The summed E-state index contributed by atoms with van der Waals surface area (Å²) in [7, 11) is 0. The highest BCUT2D eigenvalue weighted by Crippen LogP contribution is 2.67. The van der Waals surface area contributed by atoms with Crippen molar-refractivity contribution in [2.24, 2.45) is 28.1 Å². The van der Waals surface area contributed by atoms with Crippen molar-refractivity contribution >= 4 is 11.9 Å². The molecule has 0 bridgehead atoms. The Bertz CT molecular complexity index is 713. The summed E-state index contributed by atoms with van der Waals surface area (Å²) in [5.41, 5.74) is 0.0950. The fraction of sp³-hybridized carbons (Fsp3) is 0.800. The summed E-state index contributed by atoms with van der Waals surface area (Å²) in [6.07, 6.45) is 4.87. The lowest BCUT2D eigenvalue weighted by Crippen LogP contribution is -2.59. The van der Waals surface area contributed by atoms with Gasteiger partial charge in [0.2, 0.25) is 0 Å². The molecule has 8 atom stereocenters. The first-order chi connectivity index (χ1) is 11.7. The number of rotatable bonds is 0. The minimum Gasteiger partial charge on any atom is -0.457 e. The molecule has 0 unspecified atom stereocenters. The molecule has 1 N–H and O–H groups in total. The van der Waals surface area contributed by atoms with E-state index in [-0.39, 0.29) is 40.9 Å². The second-order valence-corrected chi connectivity index (χ2v) is 9.65. The highest BCUT2D eigenvalue weighted by atomic mass is 16.6. The maximum Gasteiger partial charge on any atom is 0.315 e. The predicted octanol–water partition coefficient (Wildman–Crippen LogP) is 2.37. The van der Waals surface area contributed by atoms with E-state index in [4.69, 9.17) is 9.47 Å². The van der Waals surface area contributed by atoms with Crippen LogP contribution in [0.2, 0.25) is 0 Å². The van der Waals surface area contributed by atoms with Crippen LogP contribution >= 0.6 is 0 Å². The molecule has 0 aromatic rings. The van der Waals surface area contributed by atoms with Crippen LogP contribution in [-0.4, -0.2) is 35.4 Å². The normalized spacial score (nSPS) is 56.3. The Labute approximate surface area is 147 Å². The van der Waals surface area contributed by atoms with Crippen LogP contribution in [0.15, 0.2) is 11.6 Å². The number of carbonyl (C=O) groups is 2. The zero-order valence-corrected chi connectivity index (χ0v) is 15.1. The van der Waals surface area contributed by atoms with Crippen molar-refractivity contribution in [1.82, 2.24) is 0 Å². The number of carbonyl (C=O) groups excluding carboxylic acids is 2. The van der Waals surface area contributed by atoms with Gasteiger partial charge in [0, 0.05) is 11.3 Å². The van der Waals surface area contributed by atoms with E-state index in [9.17, 15) is 14.7 Å². The maximum absolute atomic E-state index is 12.7. The maximum atomic E-state index is 12.7. The van der Waals surface area contributed by atoms with Crippen LogP contribution in [0, 0.1) is 28.1 Å². The van der Waals surface area contributed by atoms with Gasteiger partial charge in [-0.25, -0.2) is 0 Å². The van der Waals surface area contributed by atoms with Gasteiger partial charge in [-0.2, -0.15) is 0 Å². The molecule has 136 valence electrons. The van der Waals surface area contributed by atoms with Crippen molar-refractivity contribution in [3.63, 3.8) is 0 Å². The molecule has 2 saturated heterocycles. The topological polar surface area (TPSA) is 72.8 Å². The van der Waals surface area contributed by atoms with Crippen LogP contribution in [-0.2, 0) is 19.1 Å². The number of hydrogen-bond acceptors (Lipinski definition) is 5. The van der Waals surface area contributed by atoms with Crippen molar-refractivity contribution < 1.29 is 24.2 Å². The van der Waals surface area contributed by atoms with Crippen LogP contribution in [0.25, 0.3) is 0 Å². The van der Waals surface area contributed by atoms with E-state index in [0.717, 1.165) is 24.8 Å². The van der Waals surface area contributed by atoms with Gasteiger partial charge in [0.15, 0.2) is 0 Å². The zero-order valence-electron chi connectivity index (χ0n) is 15.1. The summed E-state index contributed by atoms with van der Waals surface area (Å²) in [6.45, 7) is 6.28. The molecule has 0 radical (unpaired) electrons. The Morgan fingerprint density at radius 2 is 1.88 bits per heavy atom. The molecule has 5 rings (SSSR count). The van der Waals surface area contributed by atoms with Crippen molar-refractivity contribution in [3.8, 4) is 0 Å². The number of fused-ring (bicyclic) bond motifs is 4. The lowest BCUT2D eigenvalue weighted by molar-refractivity contribution is -0.159. The van der Waals surface area contributed by atoms with Gasteiger partial charge >= 0.3 is 11.9 Å². The first-order valence-electron chi connectivity index (χ1n) is 9.50. The van der Waals surface area contributed by atoms with Gasteiger partial charge in [-0.1, -0.05) is 13.8 Å². The fourth-order valence-electron chi connectivity index (χ4n) is 6.97. The molecular formula is C20H26O5. The van der Waals surface area contributed by atoms with Gasteiger partial charge in [0.25, 0.3) is 0 Å². The lowest BCUT2D eigenvalue weighted by atomic mass is 9.44. The third-order valence-electron chi connectivity index (χ3n) is 8.31. The van der Waals surface area contributed by atoms with Gasteiger partial charge in [-0.15, -0.1) is 0 Å². The molecule has 0 spiro atoms. The van der Waals surface area contributed by atoms with E-state index < -0.39 is 11.5 Å². The van der Waals surface area contributed by atoms with Crippen molar-refractivity contribution in [2.45, 2.75) is 71.2 Å². The monoisotopic (exact) mass is 346 g/mol. The summed E-state index contributed by atoms with van der Waals surface area (Å²) in [5, 5.41) is 10.6. The average molecular weight is 346 g/mol. The van der Waals surface area contributed by atoms with Crippen LogP contribution < -0.4 is 0 Å². The van der Waals surface area contributed by atoms with Gasteiger partial charge in [0.1, 0.15) is 12.2 Å². The Kier molecular flexibility index (Phi) is 2.84. The Morgan fingerprint density at radius 3 is 2.64 bits per heavy atom. The van der Waals surface area contributed by atoms with Crippen molar-refractivity contribution in [3.05, 3.63) is 11.6 Å². The number of esters is 2. The average Bonchev–Trinajstić information content (AvgIpc) is 2.99. The molecular weight excluding hydrogens is 320 g/mol. The molecule has 0 aromatic carbocycles. The zero-order chi connectivity index (χ0) is 17.8. The standard InChI is InChI=1S/C20H26O5/c1-18-6-4-11-10(16(18)25-14(22)9-18)8-12-15-19(11,2)7-5-13(21)20(15,3)17(23)24-12/h8,11-13,15-16,21H,4-7,9H2,1-3H3/t11-,12+,13+,15+,16+,18+,19+,20-/m0/s1. The Balaban J connectivity index is 1.65. The summed E-state index contributed by atoms with van der Waals surface area (Å²) >= 11 is 0. The van der Waals surface area contributed by atoms with Gasteiger partial charge in [-0.05, 0) is 55.6 Å². The summed E-state index contributed by atoms with van der Waals surface area (Å²) in [5.74, 6) is -0.109. The number of hydrogen-bond donors (Lipinski definition) is 1. The Hall–Kier alpha value is -1.36. The SMILES string of the molecule is C[C@]12CC[C@H]3C(=C[C@H]4OC(=O)[C@@]5(C)[C@H](O)CC[C@@]3(C)[C@@H]45)[C@H]1OC(=O)C2. The first kappa shape index (κ1) is 15.9. The quantitative estimate of drug-likeness (QED) is 0.538. The molecule has 3 aliphatic carbocycles. The van der Waals surface area contributed by atoms with E-state index in [0.29, 0.717) is 18.8 Å². The van der Waals surface area contributed by atoms with Crippen molar-refractivity contribution in [1.29, 1.82) is 0 Å². The predicted molar refractivity (Wildman–Crippen MR) is 88.2 cm³/mol. The van der Waals surface area contributed by atoms with Gasteiger partial charge < -0.3 is 14.6 Å². The Morgan fingerprint density at radius 1 is 1.12 bits per heavy atom.